The number of halogens is 1. The maximum absolute atomic E-state index is 6.84. The lowest BCUT2D eigenvalue weighted by Crippen LogP contribution is -2.08. The first-order valence-electron chi connectivity index (χ1n) is 7.15. The van der Waals surface area contributed by atoms with Crippen molar-refractivity contribution in [2.45, 2.75) is 11.3 Å². The van der Waals surface area contributed by atoms with Gasteiger partial charge in [-0.25, -0.2) is 0 Å². The zero-order chi connectivity index (χ0) is 14.5. The molecule has 0 nitrogen and oxygen atoms in total. The Balaban J connectivity index is 2.05. The van der Waals surface area contributed by atoms with Crippen LogP contribution in [0.15, 0.2) is 91.0 Å². The van der Waals surface area contributed by atoms with Crippen LogP contribution in [0.5, 0.6) is 0 Å². The molecule has 0 aliphatic carbocycles. The zero-order valence-electron chi connectivity index (χ0n) is 11.7. The van der Waals surface area contributed by atoms with E-state index in [1.54, 1.807) is 0 Å². The molecular weight excluding hydrogens is 276 g/mol. The van der Waals surface area contributed by atoms with E-state index in [4.69, 9.17) is 11.6 Å². The molecule has 0 aromatic heterocycles. The number of benzene rings is 3. The second-order valence-electron chi connectivity index (χ2n) is 5.11. The van der Waals surface area contributed by atoms with Crippen LogP contribution in [-0.4, -0.2) is 0 Å². The lowest BCUT2D eigenvalue weighted by atomic mass is 9.85. The Bertz CT molecular complexity index is 622. The fourth-order valence-corrected chi connectivity index (χ4v) is 3.12. The quantitative estimate of drug-likeness (QED) is 0.533. The standard InChI is InChI=1S/C20H17Cl/c21-20(18-14-8-3-9-15-18)19(16-10-4-1-5-11-16)17-12-6-2-7-13-17/h1-15,19-20H/t20-/m1/s1. The van der Waals surface area contributed by atoms with Gasteiger partial charge in [0.25, 0.3) is 0 Å². The van der Waals surface area contributed by atoms with Crippen LogP contribution in [0.2, 0.25) is 0 Å². The van der Waals surface area contributed by atoms with Crippen LogP contribution in [0.1, 0.15) is 28.0 Å². The van der Waals surface area contributed by atoms with Crippen molar-refractivity contribution in [3.05, 3.63) is 108 Å². The van der Waals surface area contributed by atoms with Crippen molar-refractivity contribution >= 4 is 11.6 Å². The van der Waals surface area contributed by atoms with Gasteiger partial charge in [0, 0.05) is 5.92 Å². The van der Waals surface area contributed by atoms with Crippen LogP contribution < -0.4 is 0 Å². The maximum atomic E-state index is 6.84. The van der Waals surface area contributed by atoms with Crippen LogP contribution in [0.4, 0.5) is 0 Å². The van der Waals surface area contributed by atoms with E-state index in [1.165, 1.54) is 11.1 Å². The molecule has 104 valence electrons. The Kier molecular flexibility index (Phi) is 4.37. The average molecular weight is 293 g/mol. The monoisotopic (exact) mass is 292 g/mol. The molecule has 0 unspecified atom stereocenters. The third-order valence-corrected chi connectivity index (χ3v) is 4.23. The molecule has 0 saturated carbocycles. The van der Waals surface area contributed by atoms with Crippen LogP contribution in [0.25, 0.3) is 0 Å². The fourth-order valence-electron chi connectivity index (χ4n) is 2.68. The molecule has 0 fully saturated rings. The topological polar surface area (TPSA) is 0 Å². The molecular formula is C20H17Cl. The highest BCUT2D eigenvalue weighted by Crippen LogP contribution is 2.40. The minimum Gasteiger partial charge on any atom is -0.117 e. The lowest BCUT2D eigenvalue weighted by molar-refractivity contribution is 0.776. The average Bonchev–Trinajstić information content (AvgIpc) is 2.58. The minimum absolute atomic E-state index is 0.0870. The summed E-state index contributed by atoms with van der Waals surface area (Å²) >= 11 is 6.84. The number of hydrogen-bond donors (Lipinski definition) is 0. The summed E-state index contributed by atoms with van der Waals surface area (Å²) in [6.07, 6.45) is 0. The van der Waals surface area contributed by atoms with Crippen molar-refractivity contribution in [3.8, 4) is 0 Å². The number of hydrogen-bond acceptors (Lipinski definition) is 0. The van der Waals surface area contributed by atoms with Gasteiger partial charge in [0.2, 0.25) is 0 Å². The van der Waals surface area contributed by atoms with Gasteiger partial charge < -0.3 is 0 Å². The molecule has 1 heteroatoms. The van der Waals surface area contributed by atoms with Gasteiger partial charge >= 0.3 is 0 Å². The van der Waals surface area contributed by atoms with Gasteiger partial charge in [0.05, 0.1) is 5.38 Å². The van der Waals surface area contributed by atoms with Crippen LogP contribution in [0, 0.1) is 0 Å². The highest BCUT2D eigenvalue weighted by atomic mass is 35.5. The largest absolute Gasteiger partial charge is 0.117 e. The molecule has 3 aromatic rings. The summed E-state index contributed by atoms with van der Waals surface area (Å²) in [6.45, 7) is 0. The normalized spacial score (nSPS) is 12.3. The summed E-state index contributed by atoms with van der Waals surface area (Å²) in [5, 5.41) is -0.0870. The summed E-state index contributed by atoms with van der Waals surface area (Å²) in [5.41, 5.74) is 3.64. The van der Waals surface area contributed by atoms with Gasteiger partial charge in [-0.15, -0.1) is 11.6 Å². The molecule has 0 amide bonds. The Labute approximate surface area is 131 Å². The molecule has 0 spiro atoms. The first kappa shape index (κ1) is 13.9. The molecule has 3 aromatic carbocycles. The highest BCUT2D eigenvalue weighted by Gasteiger charge is 2.24. The van der Waals surface area contributed by atoms with E-state index in [0.29, 0.717) is 0 Å². The summed E-state index contributed by atoms with van der Waals surface area (Å²) in [7, 11) is 0. The molecule has 0 bridgehead atoms. The van der Waals surface area contributed by atoms with Gasteiger partial charge in [-0.1, -0.05) is 91.0 Å². The van der Waals surface area contributed by atoms with Gasteiger partial charge in [0.1, 0.15) is 0 Å². The van der Waals surface area contributed by atoms with Gasteiger partial charge in [-0.2, -0.15) is 0 Å². The molecule has 0 aliphatic heterocycles. The van der Waals surface area contributed by atoms with Crippen LogP contribution >= 0.6 is 11.6 Å². The Morgan fingerprint density at radius 1 is 0.476 bits per heavy atom. The second-order valence-corrected chi connectivity index (χ2v) is 5.58. The van der Waals surface area contributed by atoms with E-state index in [2.05, 4.69) is 60.7 Å². The first-order valence-corrected chi connectivity index (χ1v) is 7.59. The van der Waals surface area contributed by atoms with Gasteiger partial charge in [-0.05, 0) is 16.7 Å². The van der Waals surface area contributed by atoms with E-state index in [9.17, 15) is 0 Å². The molecule has 0 aliphatic rings. The molecule has 0 saturated heterocycles. The van der Waals surface area contributed by atoms with E-state index >= 15 is 0 Å². The zero-order valence-corrected chi connectivity index (χ0v) is 12.4. The molecule has 0 radical (unpaired) electrons. The third kappa shape index (κ3) is 3.17. The summed E-state index contributed by atoms with van der Waals surface area (Å²) in [5.74, 6) is 0.150. The first-order chi connectivity index (χ1) is 10.4. The van der Waals surface area contributed by atoms with Gasteiger partial charge in [0.15, 0.2) is 0 Å². The van der Waals surface area contributed by atoms with Crippen molar-refractivity contribution in [2.75, 3.05) is 0 Å². The predicted molar refractivity (Wildman–Crippen MR) is 89.8 cm³/mol. The minimum atomic E-state index is -0.0870. The van der Waals surface area contributed by atoms with Crippen molar-refractivity contribution in [1.82, 2.24) is 0 Å². The maximum Gasteiger partial charge on any atom is 0.0694 e. The predicted octanol–water partition coefficient (Wildman–Crippen LogP) is 5.80. The van der Waals surface area contributed by atoms with E-state index in [0.717, 1.165) is 5.56 Å². The molecule has 3 rings (SSSR count). The third-order valence-electron chi connectivity index (χ3n) is 3.73. The highest BCUT2D eigenvalue weighted by molar-refractivity contribution is 6.21. The SMILES string of the molecule is Cl[C@H](c1ccccc1)C(c1ccccc1)c1ccccc1. The molecule has 1 atom stereocenters. The van der Waals surface area contributed by atoms with E-state index in [-0.39, 0.29) is 11.3 Å². The summed E-state index contributed by atoms with van der Waals surface area (Å²) in [4.78, 5) is 0. The summed E-state index contributed by atoms with van der Waals surface area (Å²) < 4.78 is 0. The van der Waals surface area contributed by atoms with Gasteiger partial charge in [-0.3, -0.25) is 0 Å². The van der Waals surface area contributed by atoms with Crippen molar-refractivity contribution < 1.29 is 0 Å². The number of alkyl halides is 1. The van der Waals surface area contributed by atoms with Crippen molar-refractivity contribution in [2.24, 2.45) is 0 Å². The smallest absolute Gasteiger partial charge is 0.0694 e. The molecule has 21 heavy (non-hydrogen) atoms. The Morgan fingerprint density at radius 3 is 1.19 bits per heavy atom. The van der Waals surface area contributed by atoms with Crippen LogP contribution in [0.3, 0.4) is 0 Å². The second kappa shape index (κ2) is 6.60. The van der Waals surface area contributed by atoms with Crippen molar-refractivity contribution in [1.29, 1.82) is 0 Å². The lowest BCUT2D eigenvalue weighted by Gasteiger charge is -2.24. The fraction of sp³-hybridized carbons (Fsp3) is 0.100. The number of rotatable bonds is 4. The summed E-state index contributed by atoms with van der Waals surface area (Å²) in [6, 6.07) is 31.2. The molecule has 0 N–H and O–H groups in total. The van der Waals surface area contributed by atoms with Crippen molar-refractivity contribution in [3.63, 3.8) is 0 Å². The van der Waals surface area contributed by atoms with Crippen LogP contribution in [-0.2, 0) is 0 Å². The van der Waals surface area contributed by atoms with E-state index in [1.807, 2.05) is 30.3 Å². The molecule has 0 heterocycles. The Hall–Kier alpha value is -2.05. The van der Waals surface area contributed by atoms with E-state index < -0.39 is 0 Å². The Morgan fingerprint density at radius 2 is 0.810 bits per heavy atom.